The predicted molar refractivity (Wildman–Crippen MR) is 66.9 cm³/mol. The molecule has 1 amide bonds. The second kappa shape index (κ2) is 5.52. The molecule has 94 valence electrons. The van der Waals surface area contributed by atoms with Gasteiger partial charge in [-0.25, -0.2) is 9.78 Å². The van der Waals surface area contributed by atoms with E-state index in [9.17, 15) is 4.79 Å². The van der Waals surface area contributed by atoms with Gasteiger partial charge in [0.15, 0.2) is 0 Å². The standard InChI is InChI=1S/C12H19N3O2/c1-12(2,3)17-11(16)15-8-9-5-6-10(13-4)14-7-9/h5-7H,8H2,1-4H3,(H,13,14)(H,15,16). The highest BCUT2D eigenvalue weighted by atomic mass is 16.6. The lowest BCUT2D eigenvalue weighted by molar-refractivity contribution is 0.0523. The minimum atomic E-state index is -0.474. The van der Waals surface area contributed by atoms with E-state index in [1.165, 1.54) is 0 Å². The Bertz CT molecular complexity index is 368. The molecule has 0 aliphatic carbocycles. The van der Waals surface area contributed by atoms with E-state index in [0.717, 1.165) is 11.4 Å². The smallest absolute Gasteiger partial charge is 0.407 e. The number of anilines is 1. The van der Waals surface area contributed by atoms with E-state index in [1.54, 1.807) is 13.2 Å². The third-order valence-electron chi connectivity index (χ3n) is 1.92. The van der Waals surface area contributed by atoms with Crippen molar-refractivity contribution in [3.63, 3.8) is 0 Å². The molecule has 0 aliphatic rings. The van der Waals surface area contributed by atoms with E-state index in [0.29, 0.717) is 6.54 Å². The van der Waals surface area contributed by atoms with Crippen LogP contribution in [-0.4, -0.2) is 23.7 Å². The van der Waals surface area contributed by atoms with Gasteiger partial charge in [0.2, 0.25) is 0 Å². The number of hydrogen-bond acceptors (Lipinski definition) is 4. The van der Waals surface area contributed by atoms with Crippen molar-refractivity contribution in [1.29, 1.82) is 0 Å². The van der Waals surface area contributed by atoms with Crippen LogP contribution in [0.2, 0.25) is 0 Å². The summed E-state index contributed by atoms with van der Waals surface area (Å²) in [5, 5.41) is 5.60. The van der Waals surface area contributed by atoms with Crippen LogP contribution in [0.4, 0.5) is 10.6 Å². The van der Waals surface area contributed by atoms with E-state index in [2.05, 4.69) is 15.6 Å². The van der Waals surface area contributed by atoms with Gasteiger partial charge in [0, 0.05) is 19.8 Å². The number of pyridine rings is 1. The molecule has 1 heterocycles. The lowest BCUT2D eigenvalue weighted by atomic mass is 10.2. The van der Waals surface area contributed by atoms with Crippen LogP contribution in [0, 0.1) is 0 Å². The van der Waals surface area contributed by atoms with Crippen molar-refractivity contribution in [3.8, 4) is 0 Å². The van der Waals surface area contributed by atoms with Crippen LogP contribution in [-0.2, 0) is 11.3 Å². The first-order valence-corrected chi connectivity index (χ1v) is 5.50. The highest BCUT2D eigenvalue weighted by Gasteiger charge is 2.15. The molecule has 0 unspecified atom stereocenters. The van der Waals surface area contributed by atoms with E-state index < -0.39 is 11.7 Å². The maximum atomic E-state index is 11.4. The Balaban J connectivity index is 2.42. The summed E-state index contributed by atoms with van der Waals surface area (Å²) < 4.78 is 5.12. The molecule has 0 saturated heterocycles. The molecule has 1 aromatic heterocycles. The Hall–Kier alpha value is -1.78. The van der Waals surface area contributed by atoms with Gasteiger partial charge in [0.05, 0.1) is 0 Å². The summed E-state index contributed by atoms with van der Waals surface area (Å²) in [5.74, 6) is 0.797. The van der Waals surface area contributed by atoms with E-state index >= 15 is 0 Å². The van der Waals surface area contributed by atoms with Gasteiger partial charge < -0.3 is 15.4 Å². The Labute approximate surface area is 102 Å². The second-order valence-corrected chi connectivity index (χ2v) is 4.66. The minimum Gasteiger partial charge on any atom is -0.444 e. The summed E-state index contributed by atoms with van der Waals surface area (Å²) in [6.45, 7) is 5.90. The Morgan fingerprint density at radius 2 is 2.12 bits per heavy atom. The molecule has 5 nitrogen and oxygen atoms in total. The fourth-order valence-corrected chi connectivity index (χ4v) is 1.17. The normalized spacial score (nSPS) is 10.8. The highest BCUT2D eigenvalue weighted by Crippen LogP contribution is 2.07. The molecule has 0 fully saturated rings. The molecular weight excluding hydrogens is 218 g/mol. The third kappa shape index (κ3) is 5.19. The molecule has 17 heavy (non-hydrogen) atoms. The maximum Gasteiger partial charge on any atom is 0.407 e. The number of carbonyl (C=O) groups excluding carboxylic acids is 1. The first-order chi connectivity index (χ1) is 7.90. The Morgan fingerprint density at radius 1 is 1.41 bits per heavy atom. The van der Waals surface area contributed by atoms with Crippen molar-refractivity contribution in [3.05, 3.63) is 23.9 Å². The van der Waals surface area contributed by atoms with Crippen LogP contribution in [0.15, 0.2) is 18.3 Å². The van der Waals surface area contributed by atoms with Crippen molar-refractivity contribution in [2.24, 2.45) is 0 Å². The number of hydrogen-bond donors (Lipinski definition) is 2. The van der Waals surface area contributed by atoms with Crippen LogP contribution in [0.25, 0.3) is 0 Å². The van der Waals surface area contributed by atoms with Crippen LogP contribution in [0.5, 0.6) is 0 Å². The minimum absolute atomic E-state index is 0.409. The molecule has 2 N–H and O–H groups in total. The van der Waals surface area contributed by atoms with E-state index in [-0.39, 0.29) is 0 Å². The van der Waals surface area contributed by atoms with Crippen LogP contribution in [0.3, 0.4) is 0 Å². The van der Waals surface area contributed by atoms with Crippen molar-refractivity contribution >= 4 is 11.9 Å². The molecule has 0 saturated carbocycles. The third-order valence-corrected chi connectivity index (χ3v) is 1.92. The summed E-state index contributed by atoms with van der Waals surface area (Å²) in [6, 6.07) is 3.75. The van der Waals surface area contributed by atoms with Crippen molar-refractivity contribution in [2.45, 2.75) is 32.9 Å². The molecule has 0 bridgehead atoms. The van der Waals surface area contributed by atoms with E-state index in [4.69, 9.17) is 4.74 Å². The van der Waals surface area contributed by atoms with Gasteiger partial charge in [-0.3, -0.25) is 0 Å². The van der Waals surface area contributed by atoms with Crippen LogP contribution >= 0.6 is 0 Å². The molecule has 5 heteroatoms. The zero-order valence-corrected chi connectivity index (χ0v) is 10.7. The first-order valence-electron chi connectivity index (χ1n) is 5.50. The number of rotatable bonds is 3. The number of amides is 1. The summed E-state index contributed by atoms with van der Waals surface area (Å²) in [7, 11) is 1.81. The quantitative estimate of drug-likeness (QED) is 0.845. The zero-order valence-electron chi connectivity index (χ0n) is 10.7. The Kier molecular flexibility index (Phi) is 4.31. The SMILES string of the molecule is CNc1ccc(CNC(=O)OC(C)(C)C)cn1. The van der Waals surface area contributed by atoms with Gasteiger partial charge in [-0.05, 0) is 32.4 Å². The fraction of sp³-hybridized carbons (Fsp3) is 0.500. The number of aromatic nitrogens is 1. The van der Waals surface area contributed by atoms with Gasteiger partial charge in [0.1, 0.15) is 11.4 Å². The second-order valence-electron chi connectivity index (χ2n) is 4.66. The molecule has 1 rings (SSSR count). The number of ether oxygens (including phenoxy) is 1. The first kappa shape index (κ1) is 13.3. The van der Waals surface area contributed by atoms with Crippen molar-refractivity contribution < 1.29 is 9.53 Å². The number of nitrogens with zero attached hydrogens (tertiary/aromatic N) is 1. The number of nitrogens with one attached hydrogen (secondary N) is 2. The molecule has 0 radical (unpaired) electrons. The lowest BCUT2D eigenvalue weighted by Gasteiger charge is -2.19. The molecule has 1 aromatic rings. The molecular formula is C12H19N3O2. The predicted octanol–water partition coefficient (Wildman–Crippen LogP) is 2.15. The monoisotopic (exact) mass is 237 g/mol. The van der Waals surface area contributed by atoms with Gasteiger partial charge in [-0.1, -0.05) is 6.07 Å². The Morgan fingerprint density at radius 3 is 2.59 bits per heavy atom. The topological polar surface area (TPSA) is 63.2 Å². The summed E-state index contributed by atoms with van der Waals surface area (Å²) in [6.07, 6.45) is 1.29. The lowest BCUT2D eigenvalue weighted by Crippen LogP contribution is -2.32. The highest BCUT2D eigenvalue weighted by molar-refractivity contribution is 5.67. The maximum absolute atomic E-state index is 11.4. The molecule has 0 atom stereocenters. The zero-order chi connectivity index (χ0) is 12.9. The van der Waals surface area contributed by atoms with Crippen LogP contribution < -0.4 is 10.6 Å². The molecule has 0 aromatic carbocycles. The average Bonchev–Trinajstić information content (AvgIpc) is 2.25. The summed E-state index contributed by atoms with van der Waals surface area (Å²) in [4.78, 5) is 15.5. The van der Waals surface area contributed by atoms with Gasteiger partial charge in [-0.2, -0.15) is 0 Å². The van der Waals surface area contributed by atoms with Crippen molar-refractivity contribution in [1.82, 2.24) is 10.3 Å². The van der Waals surface area contributed by atoms with Crippen molar-refractivity contribution in [2.75, 3.05) is 12.4 Å². The fourth-order valence-electron chi connectivity index (χ4n) is 1.17. The number of alkyl carbamates (subject to hydrolysis) is 1. The van der Waals surface area contributed by atoms with Gasteiger partial charge in [-0.15, -0.1) is 0 Å². The average molecular weight is 237 g/mol. The summed E-state index contributed by atoms with van der Waals surface area (Å²) >= 11 is 0. The largest absolute Gasteiger partial charge is 0.444 e. The van der Waals surface area contributed by atoms with Crippen LogP contribution in [0.1, 0.15) is 26.3 Å². The molecule has 0 aliphatic heterocycles. The van der Waals surface area contributed by atoms with E-state index in [1.807, 2.05) is 32.9 Å². The molecule has 0 spiro atoms. The van der Waals surface area contributed by atoms with Gasteiger partial charge in [0.25, 0.3) is 0 Å². The van der Waals surface area contributed by atoms with Gasteiger partial charge >= 0.3 is 6.09 Å². The summed E-state index contributed by atoms with van der Waals surface area (Å²) in [5.41, 5.74) is 0.452. The number of carbonyl (C=O) groups is 1.